The minimum atomic E-state index is -0.00783. The van der Waals surface area contributed by atoms with Crippen LogP contribution in [0.4, 0.5) is 0 Å². The highest BCUT2D eigenvalue weighted by atomic mass is 15.3. The first-order valence-electron chi connectivity index (χ1n) is 7.19. The molecule has 1 fully saturated rings. The van der Waals surface area contributed by atoms with Gasteiger partial charge in [0.05, 0.1) is 6.04 Å². The van der Waals surface area contributed by atoms with Crippen LogP contribution in [-0.4, -0.2) is 28.5 Å². The predicted molar refractivity (Wildman–Crippen MR) is 78.5 cm³/mol. The molecule has 1 aromatic rings. The second kappa shape index (κ2) is 5.99. The van der Waals surface area contributed by atoms with Crippen LogP contribution in [0.3, 0.4) is 0 Å². The number of hydrogen-bond donors (Lipinski definition) is 2. The van der Waals surface area contributed by atoms with Gasteiger partial charge in [0.1, 0.15) is 0 Å². The zero-order valence-corrected chi connectivity index (χ0v) is 12.3. The summed E-state index contributed by atoms with van der Waals surface area (Å²) in [6.45, 7) is 8.85. The molecule has 1 aliphatic heterocycles. The first-order chi connectivity index (χ1) is 9.05. The Morgan fingerprint density at radius 3 is 2.47 bits per heavy atom. The topological polar surface area (TPSA) is 54.2 Å². The van der Waals surface area contributed by atoms with Gasteiger partial charge in [0, 0.05) is 17.4 Å². The number of hydrazine groups is 1. The summed E-state index contributed by atoms with van der Waals surface area (Å²) in [5.41, 5.74) is 5.18. The lowest BCUT2D eigenvalue weighted by molar-refractivity contribution is 0.0607. The summed E-state index contributed by atoms with van der Waals surface area (Å²) in [4.78, 5) is 6.94. The molecule has 4 heteroatoms. The van der Waals surface area contributed by atoms with E-state index < -0.39 is 0 Å². The molecule has 1 aliphatic rings. The fourth-order valence-electron chi connectivity index (χ4n) is 3.01. The first-order valence-corrected chi connectivity index (χ1v) is 7.19. The van der Waals surface area contributed by atoms with Gasteiger partial charge in [-0.25, -0.2) is 0 Å². The van der Waals surface area contributed by atoms with Crippen LogP contribution in [0.1, 0.15) is 50.4 Å². The Hall–Kier alpha value is -0.970. The third-order valence-corrected chi connectivity index (χ3v) is 4.31. The molecule has 0 radical (unpaired) electrons. The quantitative estimate of drug-likeness (QED) is 0.645. The van der Waals surface area contributed by atoms with E-state index in [0.29, 0.717) is 0 Å². The Kier molecular flexibility index (Phi) is 4.55. The first kappa shape index (κ1) is 14.4. The van der Waals surface area contributed by atoms with E-state index >= 15 is 0 Å². The van der Waals surface area contributed by atoms with Crippen LogP contribution < -0.4 is 11.3 Å². The van der Waals surface area contributed by atoms with E-state index in [-0.39, 0.29) is 11.6 Å². The third-order valence-electron chi connectivity index (χ3n) is 4.31. The van der Waals surface area contributed by atoms with Gasteiger partial charge in [0.15, 0.2) is 0 Å². The molecule has 3 N–H and O–H groups in total. The zero-order chi connectivity index (χ0) is 13.9. The van der Waals surface area contributed by atoms with Crippen LogP contribution in [0, 0.1) is 6.92 Å². The lowest BCUT2D eigenvalue weighted by Gasteiger charge is -2.45. The molecule has 0 aliphatic carbocycles. The highest BCUT2D eigenvalue weighted by Crippen LogP contribution is 2.32. The predicted octanol–water partition coefficient (Wildman–Crippen LogP) is 2.16. The number of aromatic nitrogens is 1. The van der Waals surface area contributed by atoms with Gasteiger partial charge in [0.2, 0.25) is 0 Å². The van der Waals surface area contributed by atoms with Crippen LogP contribution in [0.5, 0.6) is 0 Å². The van der Waals surface area contributed by atoms with E-state index in [1.807, 2.05) is 19.2 Å². The summed E-state index contributed by atoms with van der Waals surface area (Å²) < 4.78 is 0. The van der Waals surface area contributed by atoms with E-state index in [4.69, 9.17) is 5.84 Å². The molecule has 1 aromatic heterocycles. The van der Waals surface area contributed by atoms with Crippen molar-refractivity contribution in [2.75, 3.05) is 13.1 Å². The van der Waals surface area contributed by atoms with E-state index in [9.17, 15) is 0 Å². The van der Waals surface area contributed by atoms with Crippen LogP contribution in [-0.2, 0) is 0 Å². The molecule has 2 rings (SSSR count). The molecule has 0 saturated carbocycles. The molecule has 0 aromatic carbocycles. The summed E-state index contributed by atoms with van der Waals surface area (Å²) in [6.07, 6.45) is 5.85. The Balaban J connectivity index is 2.21. The average molecular weight is 262 g/mol. The summed E-state index contributed by atoms with van der Waals surface area (Å²) in [6, 6.07) is 4.27. The minimum absolute atomic E-state index is 0.00783. The van der Waals surface area contributed by atoms with Gasteiger partial charge >= 0.3 is 0 Å². The van der Waals surface area contributed by atoms with Gasteiger partial charge < -0.3 is 0 Å². The Bertz CT molecular complexity index is 393. The summed E-state index contributed by atoms with van der Waals surface area (Å²) in [7, 11) is 0. The van der Waals surface area contributed by atoms with Gasteiger partial charge in [0.25, 0.3) is 0 Å². The van der Waals surface area contributed by atoms with Crippen molar-refractivity contribution in [3.05, 3.63) is 29.6 Å². The Morgan fingerprint density at radius 1 is 1.26 bits per heavy atom. The van der Waals surface area contributed by atoms with E-state index in [0.717, 1.165) is 24.3 Å². The molecular formula is C15H26N4. The van der Waals surface area contributed by atoms with Gasteiger partial charge in [-0.15, -0.1) is 0 Å². The van der Waals surface area contributed by atoms with E-state index in [2.05, 4.69) is 35.2 Å². The van der Waals surface area contributed by atoms with Crippen LogP contribution in [0.25, 0.3) is 0 Å². The number of rotatable bonds is 4. The van der Waals surface area contributed by atoms with Crippen molar-refractivity contribution in [1.29, 1.82) is 0 Å². The maximum absolute atomic E-state index is 5.83. The minimum Gasteiger partial charge on any atom is -0.296 e. The number of aryl methyl sites for hydroxylation is 1. The maximum Gasteiger partial charge on any atom is 0.0653 e. The maximum atomic E-state index is 5.83. The van der Waals surface area contributed by atoms with Crippen molar-refractivity contribution in [2.24, 2.45) is 5.84 Å². The van der Waals surface area contributed by atoms with E-state index in [1.165, 1.54) is 19.3 Å². The second-order valence-electron chi connectivity index (χ2n) is 6.03. The molecule has 0 amide bonds. The largest absolute Gasteiger partial charge is 0.296 e. The lowest BCUT2D eigenvalue weighted by Crippen LogP contribution is -2.55. The van der Waals surface area contributed by atoms with Gasteiger partial charge in [-0.05, 0) is 58.3 Å². The van der Waals surface area contributed by atoms with Gasteiger partial charge in [-0.3, -0.25) is 21.2 Å². The normalized spacial score (nSPS) is 19.4. The molecule has 0 spiro atoms. The molecular weight excluding hydrogens is 236 g/mol. The summed E-state index contributed by atoms with van der Waals surface area (Å²) >= 11 is 0. The van der Waals surface area contributed by atoms with Crippen LogP contribution in [0.15, 0.2) is 18.3 Å². The standard InChI is InChI=1S/C15H26N4/c1-12-7-8-13(11-17-12)14(18-16)15(2,3)19-9-5-4-6-10-19/h7-8,11,14,18H,4-6,9-10,16H2,1-3H3. The van der Waals surface area contributed by atoms with Gasteiger partial charge in [-0.1, -0.05) is 12.5 Å². The number of piperidine rings is 1. The van der Waals surface area contributed by atoms with Crippen LogP contribution >= 0.6 is 0 Å². The molecule has 1 atom stereocenters. The van der Waals surface area contributed by atoms with Crippen molar-refractivity contribution in [3.63, 3.8) is 0 Å². The number of likely N-dealkylation sites (tertiary alicyclic amines) is 1. The molecule has 1 unspecified atom stereocenters. The van der Waals surface area contributed by atoms with Crippen molar-refractivity contribution < 1.29 is 0 Å². The molecule has 0 bridgehead atoms. The van der Waals surface area contributed by atoms with Crippen molar-refractivity contribution in [2.45, 2.75) is 51.6 Å². The number of nitrogens with zero attached hydrogens (tertiary/aromatic N) is 2. The fraction of sp³-hybridized carbons (Fsp3) is 0.667. The fourth-order valence-corrected chi connectivity index (χ4v) is 3.01. The van der Waals surface area contributed by atoms with Crippen molar-refractivity contribution in [1.82, 2.24) is 15.3 Å². The number of pyridine rings is 1. The summed E-state index contributed by atoms with van der Waals surface area (Å²) in [5.74, 6) is 5.83. The van der Waals surface area contributed by atoms with Crippen molar-refractivity contribution >= 4 is 0 Å². The smallest absolute Gasteiger partial charge is 0.0653 e. The number of nitrogens with two attached hydrogens (primary N) is 1. The molecule has 106 valence electrons. The highest BCUT2D eigenvalue weighted by molar-refractivity contribution is 5.21. The second-order valence-corrected chi connectivity index (χ2v) is 6.03. The molecule has 1 saturated heterocycles. The molecule has 4 nitrogen and oxygen atoms in total. The zero-order valence-electron chi connectivity index (χ0n) is 12.3. The Labute approximate surface area is 116 Å². The molecule has 2 heterocycles. The van der Waals surface area contributed by atoms with Crippen LogP contribution in [0.2, 0.25) is 0 Å². The number of hydrogen-bond acceptors (Lipinski definition) is 4. The third kappa shape index (κ3) is 3.14. The van der Waals surface area contributed by atoms with Gasteiger partial charge in [-0.2, -0.15) is 0 Å². The average Bonchev–Trinajstić information content (AvgIpc) is 2.42. The van der Waals surface area contributed by atoms with Crippen molar-refractivity contribution in [3.8, 4) is 0 Å². The monoisotopic (exact) mass is 262 g/mol. The molecule has 19 heavy (non-hydrogen) atoms. The Morgan fingerprint density at radius 2 is 1.95 bits per heavy atom. The van der Waals surface area contributed by atoms with E-state index in [1.54, 1.807) is 0 Å². The highest BCUT2D eigenvalue weighted by Gasteiger charge is 2.36. The number of nitrogens with one attached hydrogen (secondary N) is 1. The lowest BCUT2D eigenvalue weighted by atomic mass is 9.86. The summed E-state index contributed by atoms with van der Waals surface area (Å²) in [5, 5.41) is 0. The SMILES string of the molecule is Cc1ccc(C(NN)C(C)(C)N2CCCCC2)cn1.